The van der Waals surface area contributed by atoms with Crippen LogP contribution in [0.4, 0.5) is 5.69 Å². The van der Waals surface area contributed by atoms with Gasteiger partial charge >= 0.3 is 5.97 Å². The summed E-state index contributed by atoms with van der Waals surface area (Å²) >= 11 is 11.0. The number of amides is 1. The highest BCUT2D eigenvalue weighted by molar-refractivity contribution is 6.33. The number of hydrogen-bond acceptors (Lipinski definition) is 4. The zero-order valence-electron chi connectivity index (χ0n) is 8.29. The third-order valence-electron chi connectivity index (χ3n) is 1.66. The van der Waals surface area contributed by atoms with Gasteiger partial charge in [0.15, 0.2) is 5.15 Å². The van der Waals surface area contributed by atoms with E-state index < -0.39 is 11.9 Å². The maximum atomic E-state index is 11.2. The van der Waals surface area contributed by atoms with Crippen molar-refractivity contribution < 1.29 is 14.3 Å². The first-order valence-electron chi connectivity index (χ1n) is 4.18. The highest BCUT2D eigenvalue weighted by Gasteiger charge is 2.11. The van der Waals surface area contributed by atoms with Gasteiger partial charge in [-0.05, 0) is 6.07 Å². The lowest BCUT2D eigenvalue weighted by Crippen LogP contribution is -2.14. The molecule has 0 aliphatic heterocycles. The van der Waals surface area contributed by atoms with Crippen LogP contribution in [-0.4, -0.2) is 29.9 Å². The topological polar surface area (TPSA) is 68.3 Å². The van der Waals surface area contributed by atoms with Gasteiger partial charge in [-0.1, -0.05) is 11.6 Å². The highest BCUT2D eigenvalue weighted by Crippen LogP contribution is 2.20. The van der Waals surface area contributed by atoms with Gasteiger partial charge in [-0.2, -0.15) is 0 Å². The molecule has 0 saturated heterocycles. The molecular weight excluding hydrogens is 255 g/mol. The molecule has 0 saturated carbocycles. The molecule has 0 fully saturated rings. The lowest BCUT2D eigenvalue weighted by atomic mass is 10.2. The van der Waals surface area contributed by atoms with E-state index in [0.717, 1.165) is 0 Å². The van der Waals surface area contributed by atoms with Gasteiger partial charge in [-0.25, -0.2) is 9.78 Å². The molecule has 0 spiro atoms. The molecule has 1 amide bonds. The van der Waals surface area contributed by atoms with Gasteiger partial charge in [-0.15, -0.1) is 11.6 Å². The van der Waals surface area contributed by atoms with E-state index in [9.17, 15) is 9.59 Å². The predicted octanol–water partition coefficient (Wildman–Crippen LogP) is 1.70. The Morgan fingerprint density at radius 3 is 2.81 bits per heavy atom. The molecule has 0 unspecified atom stereocenters. The normalized spacial score (nSPS) is 9.69. The van der Waals surface area contributed by atoms with Crippen LogP contribution < -0.4 is 5.32 Å². The number of ether oxygens (including phenoxy) is 1. The van der Waals surface area contributed by atoms with Gasteiger partial charge in [0, 0.05) is 6.20 Å². The number of carbonyl (C=O) groups is 2. The van der Waals surface area contributed by atoms with E-state index in [4.69, 9.17) is 23.2 Å². The number of pyridine rings is 1. The third-order valence-corrected chi connectivity index (χ3v) is 2.20. The van der Waals surface area contributed by atoms with E-state index in [2.05, 4.69) is 15.0 Å². The Morgan fingerprint density at radius 2 is 2.25 bits per heavy atom. The van der Waals surface area contributed by atoms with Crippen LogP contribution in [0.3, 0.4) is 0 Å². The Morgan fingerprint density at radius 1 is 1.56 bits per heavy atom. The lowest BCUT2D eigenvalue weighted by Gasteiger charge is -2.06. The van der Waals surface area contributed by atoms with Crippen molar-refractivity contribution in [1.29, 1.82) is 0 Å². The first-order valence-corrected chi connectivity index (χ1v) is 5.09. The van der Waals surface area contributed by atoms with Crippen LogP contribution in [0.5, 0.6) is 0 Å². The molecule has 0 bridgehead atoms. The predicted molar refractivity (Wildman–Crippen MR) is 59.9 cm³/mol. The number of alkyl halides is 1. The molecule has 0 atom stereocenters. The van der Waals surface area contributed by atoms with Crippen molar-refractivity contribution in [3.05, 3.63) is 23.0 Å². The van der Waals surface area contributed by atoms with Gasteiger partial charge in [0.25, 0.3) is 0 Å². The first kappa shape index (κ1) is 12.7. The van der Waals surface area contributed by atoms with Gasteiger partial charge < -0.3 is 10.1 Å². The van der Waals surface area contributed by atoms with Crippen LogP contribution in [0.1, 0.15) is 10.4 Å². The van der Waals surface area contributed by atoms with Crippen LogP contribution in [0.2, 0.25) is 5.15 Å². The Hall–Kier alpha value is -1.33. The molecule has 5 nitrogen and oxygen atoms in total. The SMILES string of the molecule is COC(=O)c1cnc(Cl)c(NC(=O)CCl)c1. The summed E-state index contributed by atoms with van der Waals surface area (Å²) in [7, 11) is 1.24. The number of halogens is 2. The second-order valence-corrected chi connectivity index (χ2v) is 3.36. The molecule has 0 radical (unpaired) electrons. The number of nitrogens with one attached hydrogen (secondary N) is 1. The van der Waals surface area contributed by atoms with Crippen LogP contribution in [0, 0.1) is 0 Å². The largest absolute Gasteiger partial charge is 0.465 e. The minimum Gasteiger partial charge on any atom is -0.465 e. The summed E-state index contributed by atoms with van der Waals surface area (Å²) in [6.45, 7) is 0. The minimum absolute atomic E-state index is 0.0751. The van der Waals surface area contributed by atoms with E-state index in [0.29, 0.717) is 0 Å². The highest BCUT2D eigenvalue weighted by atomic mass is 35.5. The van der Waals surface area contributed by atoms with Crippen molar-refractivity contribution >= 4 is 40.8 Å². The summed E-state index contributed by atoms with van der Waals surface area (Å²) < 4.78 is 4.50. The first-order chi connectivity index (χ1) is 7.58. The quantitative estimate of drug-likeness (QED) is 0.512. The van der Waals surface area contributed by atoms with E-state index in [1.54, 1.807) is 0 Å². The average molecular weight is 263 g/mol. The standard InChI is InChI=1S/C9H8Cl2N2O3/c1-16-9(15)5-2-6(8(11)12-4-5)13-7(14)3-10/h2,4H,3H2,1H3,(H,13,14). The molecule has 1 rings (SSSR count). The molecule has 1 aromatic rings. The second-order valence-electron chi connectivity index (χ2n) is 2.74. The number of rotatable bonds is 3. The van der Waals surface area contributed by atoms with E-state index in [1.165, 1.54) is 19.4 Å². The van der Waals surface area contributed by atoms with Crippen molar-refractivity contribution in [2.75, 3.05) is 18.3 Å². The number of anilines is 1. The Labute approximate surface area is 102 Å². The molecule has 86 valence electrons. The summed E-state index contributed by atoms with van der Waals surface area (Å²) in [4.78, 5) is 26.0. The molecule has 0 aliphatic carbocycles. The van der Waals surface area contributed by atoms with Crippen molar-refractivity contribution in [2.45, 2.75) is 0 Å². The zero-order valence-corrected chi connectivity index (χ0v) is 9.80. The monoisotopic (exact) mass is 262 g/mol. The molecule has 0 aliphatic rings. The summed E-state index contributed by atoms with van der Waals surface area (Å²) in [6.07, 6.45) is 1.25. The molecule has 1 heterocycles. The van der Waals surface area contributed by atoms with Crippen molar-refractivity contribution in [2.24, 2.45) is 0 Å². The third kappa shape index (κ3) is 3.08. The number of esters is 1. The number of nitrogens with zero attached hydrogens (tertiary/aromatic N) is 1. The molecular formula is C9H8Cl2N2O3. The summed E-state index contributed by atoms with van der Waals surface area (Å²) in [5, 5.41) is 2.48. The zero-order chi connectivity index (χ0) is 12.1. The molecule has 1 N–H and O–H groups in total. The summed E-state index contributed by atoms with van der Waals surface area (Å²) in [5.74, 6) is -1.21. The fourth-order valence-electron chi connectivity index (χ4n) is 0.949. The number of carbonyl (C=O) groups excluding carboxylic acids is 2. The molecule has 7 heteroatoms. The van der Waals surface area contributed by atoms with Gasteiger partial charge in [0.2, 0.25) is 5.91 Å². The van der Waals surface area contributed by atoms with Crippen molar-refractivity contribution in [3.8, 4) is 0 Å². The summed E-state index contributed by atoms with van der Waals surface area (Å²) in [6, 6.07) is 1.37. The Bertz CT molecular complexity index is 423. The molecule has 16 heavy (non-hydrogen) atoms. The van der Waals surface area contributed by atoms with Crippen molar-refractivity contribution in [3.63, 3.8) is 0 Å². The minimum atomic E-state index is -0.564. The number of methoxy groups -OCH3 is 1. The maximum Gasteiger partial charge on any atom is 0.339 e. The van der Waals surface area contributed by atoms with Crippen LogP contribution in [0.25, 0.3) is 0 Å². The molecule has 0 aromatic carbocycles. The van der Waals surface area contributed by atoms with Crippen LogP contribution in [-0.2, 0) is 9.53 Å². The fraction of sp³-hybridized carbons (Fsp3) is 0.222. The fourth-order valence-corrected chi connectivity index (χ4v) is 1.17. The van der Waals surface area contributed by atoms with Gasteiger partial charge in [0.05, 0.1) is 18.4 Å². The smallest absolute Gasteiger partial charge is 0.339 e. The van der Waals surface area contributed by atoms with Crippen LogP contribution in [0.15, 0.2) is 12.3 Å². The molecule has 1 aromatic heterocycles. The van der Waals surface area contributed by atoms with E-state index >= 15 is 0 Å². The van der Waals surface area contributed by atoms with E-state index in [1.807, 2.05) is 0 Å². The number of hydrogen-bond donors (Lipinski definition) is 1. The Balaban J connectivity index is 2.99. The van der Waals surface area contributed by atoms with Crippen molar-refractivity contribution in [1.82, 2.24) is 4.98 Å². The Kier molecular flexibility index (Phi) is 4.52. The maximum absolute atomic E-state index is 11.2. The average Bonchev–Trinajstić information content (AvgIpc) is 2.30. The second kappa shape index (κ2) is 5.67. The summed E-state index contributed by atoms with van der Waals surface area (Å²) in [5.41, 5.74) is 0.409. The van der Waals surface area contributed by atoms with Gasteiger partial charge in [-0.3, -0.25) is 4.79 Å². The van der Waals surface area contributed by atoms with Gasteiger partial charge in [0.1, 0.15) is 5.88 Å². The number of aromatic nitrogens is 1. The van der Waals surface area contributed by atoms with Crippen LogP contribution >= 0.6 is 23.2 Å². The van der Waals surface area contributed by atoms with E-state index in [-0.39, 0.29) is 22.3 Å². The lowest BCUT2D eigenvalue weighted by molar-refractivity contribution is -0.113.